The lowest BCUT2D eigenvalue weighted by atomic mass is 9.82. The van der Waals surface area contributed by atoms with Crippen molar-refractivity contribution in [3.8, 4) is 60.0 Å². The number of hydrogen-bond acceptors (Lipinski definition) is 7. The van der Waals surface area contributed by atoms with E-state index in [0.717, 1.165) is 51.6 Å². The Balaban J connectivity index is 1.08. The van der Waals surface area contributed by atoms with E-state index in [9.17, 15) is 15.2 Å². The fraction of sp³-hybridized carbons (Fsp3) is 0.250. The lowest BCUT2D eigenvalue weighted by Gasteiger charge is -2.30. The molecule has 0 bridgehead atoms. The van der Waals surface area contributed by atoms with E-state index in [1.807, 2.05) is 6.07 Å². The highest BCUT2D eigenvalue weighted by Crippen LogP contribution is 2.55. The van der Waals surface area contributed by atoms with Crippen molar-refractivity contribution >= 4 is 51.8 Å². The van der Waals surface area contributed by atoms with Gasteiger partial charge < -0.3 is 19.5 Å². The number of nitriles is 1. The molecule has 0 amide bonds. The zero-order valence-electron chi connectivity index (χ0n) is 36.9. The third-order valence-corrected chi connectivity index (χ3v) is 15.9. The molecule has 5 aromatic carbocycles. The minimum absolute atomic E-state index is 0.145. The summed E-state index contributed by atoms with van der Waals surface area (Å²) in [7, 11) is 0. The fourth-order valence-electron chi connectivity index (χ4n) is 10.1. The van der Waals surface area contributed by atoms with Crippen molar-refractivity contribution in [1.29, 1.82) is 5.26 Å². The number of aliphatic carboxylic acids is 1. The van der Waals surface area contributed by atoms with Crippen molar-refractivity contribution in [2.45, 2.75) is 77.6 Å². The van der Waals surface area contributed by atoms with Crippen LogP contribution in [0.2, 0.25) is 0 Å². The molecule has 1 aliphatic heterocycles. The smallest absolute Gasteiger partial charge is 0.346 e. The molecule has 0 saturated carbocycles. The number of aryl methyl sites for hydroxylation is 1. The largest absolute Gasteiger partial charge is 0.485 e. The van der Waals surface area contributed by atoms with Gasteiger partial charge in [0.15, 0.2) is 11.5 Å². The molecule has 0 saturated heterocycles. The Bertz CT molecular complexity index is 2940. The van der Waals surface area contributed by atoms with E-state index < -0.39 is 5.97 Å². The van der Waals surface area contributed by atoms with Gasteiger partial charge in [-0.25, -0.2) is 4.79 Å². The van der Waals surface area contributed by atoms with Gasteiger partial charge in [0.2, 0.25) is 0 Å². The molecule has 2 aromatic heterocycles. The summed E-state index contributed by atoms with van der Waals surface area (Å²) in [6.45, 7) is 12.3. The molecule has 8 heteroatoms. The highest BCUT2D eigenvalue weighted by atomic mass is 32.1. The van der Waals surface area contributed by atoms with Crippen molar-refractivity contribution in [2.75, 3.05) is 18.1 Å². The molecule has 10 rings (SSSR count). The summed E-state index contributed by atoms with van der Waals surface area (Å²) in [6.07, 6.45) is 6.94. The Hall–Kier alpha value is -6.40. The number of benzene rings is 5. The van der Waals surface area contributed by atoms with Gasteiger partial charge in [0, 0.05) is 37.6 Å². The number of anilines is 3. The standard InChI is InChI=1S/C56H50N2O4S2/c1-6-7-8-9-14-35-29-49(53-51-50(61-27-28-62-51)48(63-53)30-36(33-57)54(59)60)64-52(35)34-19-21-37(22-20-34)58(38-23-25-42-40-15-10-12-17-44(40)55(2,3)46(42)31-38)39-24-26-43-41-16-11-13-18-45(41)56(4,5)47(43)32-39/h10-13,15-26,29-32H,6-9,14,27-28H2,1-5H3,(H,59,60)/b36-30-. The summed E-state index contributed by atoms with van der Waals surface area (Å²) in [5.74, 6) is -0.154. The Morgan fingerprint density at radius 3 is 1.83 bits per heavy atom. The predicted octanol–water partition coefficient (Wildman–Crippen LogP) is 15.1. The zero-order valence-corrected chi connectivity index (χ0v) is 38.5. The van der Waals surface area contributed by atoms with Crippen LogP contribution >= 0.6 is 22.7 Å². The Kier molecular flexibility index (Phi) is 10.6. The van der Waals surface area contributed by atoms with Gasteiger partial charge in [-0.15, -0.1) is 22.7 Å². The average Bonchev–Trinajstić information content (AvgIpc) is 4.02. The Labute approximate surface area is 383 Å². The number of ether oxygens (including phenoxy) is 2. The van der Waals surface area contributed by atoms with Crippen LogP contribution in [0.15, 0.2) is 121 Å². The molecule has 64 heavy (non-hydrogen) atoms. The molecular weight excluding hydrogens is 829 g/mol. The van der Waals surface area contributed by atoms with Gasteiger partial charge in [0.05, 0.1) is 9.75 Å². The minimum Gasteiger partial charge on any atom is -0.485 e. The monoisotopic (exact) mass is 878 g/mol. The first-order valence-corrected chi connectivity index (χ1v) is 23.9. The highest BCUT2D eigenvalue weighted by Gasteiger charge is 2.38. The van der Waals surface area contributed by atoms with Crippen molar-refractivity contribution in [1.82, 2.24) is 0 Å². The molecule has 3 aliphatic rings. The van der Waals surface area contributed by atoms with Crippen molar-refractivity contribution in [2.24, 2.45) is 0 Å². The number of carboxylic acid groups (broad SMARTS) is 1. The van der Waals surface area contributed by atoms with E-state index in [0.29, 0.717) is 29.6 Å². The minimum atomic E-state index is -1.27. The molecule has 320 valence electrons. The predicted molar refractivity (Wildman–Crippen MR) is 263 cm³/mol. The lowest BCUT2D eigenvalue weighted by molar-refractivity contribution is -0.132. The fourth-order valence-corrected chi connectivity index (χ4v) is 12.5. The summed E-state index contributed by atoms with van der Waals surface area (Å²) < 4.78 is 12.3. The van der Waals surface area contributed by atoms with Crippen LogP contribution in [0.5, 0.6) is 11.5 Å². The first kappa shape index (κ1) is 41.6. The molecule has 3 heterocycles. The molecule has 0 atom stereocenters. The summed E-state index contributed by atoms with van der Waals surface area (Å²) in [6, 6.07) is 44.8. The van der Waals surface area contributed by atoms with Crippen LogP contribution in [0.4, 0.5) is 17.1 Å². The van der Waals surface area contributed by atoms with Crippen molar-refractivity contribution in [3.63, 3.8) is 0 Å². The summed E-state index contributed by atoms with van der Waals surface area (Å²) in [5, 5.41) is 19.2. The molecule has 6 nitrogen and oxygen atoms in total. The maximum Gasteiger partial charge on any atom is 0.346 e. The summed E-state index contributed by atoms with van der Waals surface area (Å²) in [4.78, 5) is 18.0. The van der Waals surface area contributed by atoms with Gasteiger partial charge in [0.25, 0.3) is 0 Å². The Morgan fingerprint density at radius 1 is 0.688 bits per heavy atom. The summed E-state index contributed by atoms with van der Waals surface area (Å²) >= 11 is 3.14. The number of hydrogen-bond donors (Lipinski definition) is 1. The van der Waals surface area contributed by atoms with E-state index in [2.05, 4.69) is 155 Å². The number of rotatable bonds is 12. The zero-order chi connectivity index (χ0) is 44.3. The van der Waals surface area contributed by atoms with E-state index in [1.54, 1.807) is 11.3 Å². The van der Waals surface area contributed by atoms with Crippen LogP contribution in [-0.4, -0.2) is 24.3 Å². The highest BCUT2D eigenvalue weighted by molar-refractivity contribution is 7.24. The van der Waals surface area contributed by atoms with E-state index in [4.69, 9.17) is 9.47 Å². The SMILES string of the molecule is CCCCCCc1cc(-c2sc(/C=C(/C#N)C(=O)O)c3c2OCCO3)sc1-c1ccc(N(c2ccc3c(c2)C(C)(C)c2ccccc2-3)c2ccc3c(c2)C(C)(C)c2ccccc2-3)cc1. The average molecular weight is 879 g/mol. The number of carboxylic acids is 1. The van der Waals surface area contributed by atoms with Gasteiger partial charge in [0.1, 0.15) is 24.9 Å². The van der Waals surface area contributed by atoms with Gasteiger partial charge in [-0.3, -0.25) is 0 Å². The van der Waals surface area contributed by atoms with Crippen LogP contribution in [0.3, 0.4) is 0 Å². The maximum absolute atomic E-state index is 11.8. The van der Waals surface area contributed by atoms with Crippen LogP contribution in [-0.2, 0) is 22.0 Å². The Morgan fingerprint density at radius 2 is 1.25 bits per heavy atom. The van der Waals surface area contributed by atoms with Crippen LogP contribution in [0, 0.1) is 11.3 Å². The van der Waals surface area contributed by atoms with E-state index in [1.165, 1.54) is 85.2 Å². The van der Waals surface area contributed by atoms with Gasteiger partial charge in [-0.2, -0.15) is 5.26 Å². The number of unbranched alkanes of at least 4 members (excludes halogenated alkanes) is 3. The molecule has 0 unspecified atom stereocenters. The third-order valence-electron chi connectivity index (χ3n) is 13.4. The van der Waals surface area contributed by atoms with Gasteiger partial charge in [-0.1, -0.05) is 127 Å². The normalized spacial score (nSPS) is 14.9. The van der Waals surface area contributed by atoms with Crippen LogP contribution < -0.4 is 14.4 Å². The second kappa shape index (κ2) is 16.3. The third kappa shape index (κ3) is 6.93. The quantitative estimate of drug-likeness (QED) is 0.0748. The number of thiophene rings is 2. The van der Waals surface area contributed by atoms with Crippen molar-refractivity contribution < 1.29 is 19.4 Å². The van der Waals surface area contributed by atoms with E-state index >= 15 is 0 Å². The molecule has 0 radical (unpaired) electrons. The molecule has 2 aliphatic carbocycles. The molecule has 1 N–H and O–H groups in total. The second-order valence-corrected chi connectivity index (χ2v) is 20.2. The van der Waals surface area contributed by atoms with Gasteiger partial charge in [-0.05, 0) is 117 Å². The number of carbonyl (C=O) groups is 1. The molecule has 0 spiro atoms. The van der Waals surface area contributed by atoms with Crippen LogP contribution in [0.1, 0.15) is 93.0 Å². The van der Waals surface area contributed by atoms with Crippen LogP contribution in [0.25, 0.3) is 48.5 Å². The number of nitrogens with zero attached hydrogens (tertiary/aromatic N) is 2. The summed E-state index contributed by atoms with van der Waals surface area (Å²) in [5.41, 5.74) is 15.7. The van der Waals surface area contributed by atoms with Crippen molar-refractivity contribution in [3.05, 3.63) is 154 Å². The first-order chi connectivity index (χ1) is 31.0. The van der Waals surface area contributed by atoms with E-state index in [-0.39, 0.29) is 16.4 Å². The molecule has 0 fully saturated rings. The second-order valence-electron chi connectivity index (χ2n) is 18.1. The maximum atomic E-state index is 11.8. The van der Waals surface area contributed by atoms with Gasteiger partial charge >= 0.3 is 5.97 Å². The number of fused-ring (bicyclic) bond motifs is 7. The lowest BCUT2D eigenvalue weighted by Crippen LogP contribution is -2.18. The molecule has 7 aromatic rings. The first-order valence-electron chi connectivity index (χ1n) is 22.3. The topological polar surface area (TPSA) is 82.8 Å². The molecular formula is C56H50N2O4S2.